The van der Waals surface area contributed by atoms with Gasteiger partial charge < -0.3 is 20.6 Å². The molecule has 3 aromatic rings. The third-order valence-electron chi connectivity index (χ3n) is 5.79. The summed E-state index contributed by atoms with van der Waals surface area (Å²) in [6, 6.07) is 14.3. The van der Waals surface area contributed by atoms with Crippen molar-refractivity contribution in [1.29, 1.82) is 5.26 Å². The highest BCUT2D eigenvalue weighted by atomic mass is 35.5. The summed E-state index contributed by atoms with van der Waals surface area (Å²) in [5, 5.41) is 26.0. The number of hydrogen-bond donors (Lipinski definition) is 3. The highest BCUT2D eigenvalue weighted by Crippen LogP contribution is 2.37. The Balaban J connectivity index is 1.77. The van der Waals surface area contributed by atoms with Crippen LogP contribution in [0, 0.1) is 11.3 Å². The smallest absolute Gasteiger partial charge is 0.274 e. The zero-order valence-electron chi connectivity index (χ0n) is 18.0. The maximum Gasteiger partial charge on any atom is 0.274 e. The molecule has 2 aromatic heterocycles. The van der Waals surface area contributed by atoms with E-state index in [1.165, 1.54) is 0 Å². The summed E-state index contributed by atoms with van der Waals surface area (Å²) in [6.07, 6.45) is 3.99. The first-order chi connectivity index (χ1) is 16.0. The highest BCUT2D eigenvalue weighted by molar-refractivity contribution is 6.29. The van der Waals surface area contributed by atoms with Gasteiger partial charge in [-0.2, -0.15) is 5.26 Å². The number of anilines is 2. The lowest BCUT2D eigenvalue weighted by atomic mass is 10.0. The van der Waals surface area contributed by atoms with Crippen LogP contribution in [0.3, 0.4) is 0 Å². The van der Waals surface area contributed by atoms with Gasteiger partial charge in [0.05, 0.1) is 35.7 Å². The van der Waals surface area contributed by atoms with E-state index in [0.29, 0.717) is 23.4 Å². The van der Waals surface area contributed by atoms with E-state index in [0.717, 1.165) is 17.7 Å². The second kappa shape index (κ2) is 9.96. The molecule has 8 nitrogen and oxygen atoms in total. The number of amides is 1. The van der Waals surface area contributed by atoms with Gasteiger partial charge in [0, 0.05) is 30.5 Å². The number of carbonyl (C=O) groups is 1. The number of likely N-dealkylation sites (N-methyl/N-ethyl adjacent to an activating group) is 1. The third-order valence-corrected chi connectivity index (χ3v) is 6.00. The van der Waals surface area contributed by atoms with Crippen LogP contribution >= 0.6 is 11.6 Å². The van der Waals surface area contributed by atoms with Crippen molar-refractivity contribution in [2.24, 2.45) is 0 Å². The molecule has 168 valence electrons. The summed E-state index contributed by atoms with van der Waals surface area (Å²) >= 11 is 5.95. The number of aromatic nitrogens is 2. The number of halogens is 1. The Labute approximate surface area is 196 Å². The van der Waals surface area contributed by atoms with Crippen molar-refractivity contribution >= 4 is 28.9 Å². The molecule has 1 aromatic carbocycles. The lowest BCUT2D eigenvalue weighted by Crippen LogP contribution is -2.34. The van der Waals surface area contributed by atoms with Gasteiger partial charge in [0.25, 0.3) is 5.91 Å². The Hall–Kier alpha value is -3.51. The second-order valence-electron chi connectivity index (χ2n) is 7.77. The number of aliphatic hydroxyl groups is 1. The van der Waals surface area contributed by atoms with Crippen molar-refractivity contribution < 1.29 is 9.90 Å². The Kier molecular flexibility index (Phi) is 6.84. The number of benzene rings is 1. The van der Waals surface area contributed by atoms with Gasteiger partial charge in [-0.25, -0.2) is 4.98 Å². The van der Waals surface area contributed by atoms with E-state index in [2.05, 4.69) is 31.6 Å². The molecule has 9 heteroatoms. The summed E-state index contributed by atoms with van der Waals surface area (Å²) in [7, 11) is 1.89. The lowest BCUT2D eigenvalue weighted by Gasteiger charge is -2.28. The Bertz CT molecular complexity index is 1210. The van der Waals surface area contributed by atoms with Crippen molar-refractivity contribution in [2.75, 3.05) is 30.4 Å². The van der Waals surface area contributed by atoms with Crippen LogP contribution in [0.15, 0.2) is 54.9 Å². The van der Waals surface area contributed by atoms with Gasteiger partial charge in [-0.3, -0.25) is 9.78 Å². The fourth-order valence-electron chi connectivity index (χ4n) is 4.08. The molecular weight excluding hydrogens is 440 g/mol. The minimum Gasteiger partial charge on any atom is -0.394 e. The normalized spacial score (nSPS) is 17.6. The number of carbonyl (C=O) groups excluding carboxylic acids is 1. The largest absolute Gasteiger partial charge is 0.394 e. The molecule has 0 saturated carbocycles. The average Bonchev–Trinajstić information content (AvgIpc) is 3.27. The summed E-state index contributed by atoms with van der Waals surface area (Å²) in [6.45, 7) is 0.629. The molecule has 3 heterocycles. The van der Waals surface area contributed by atoms with Gasteiger partial charge in [-0.1, -0.05) is 23.7 Å². The minimum absolute atomic E-state index is 0.0258. The molecular formula is C24H23ClN6O2. The van der Waals surface area contributed by atoms with Crippen LogP contribution in [0.25, 0.3) is 11.1 Å². The van der Waals surface area contributed by atoms with Crippen molar-refractivity contribution in [3.63, 3.8) is 0 Å². The van der Waals surface area contributed by atoms with E-state index in [4.69, 9.17) is 11.6 Å². The van der Waals surface area contributed by atoms with Gasteiger partial charge in [-0.15, -0.1) is 0 Å². The van der Waals surface area contributed by atoms with Gasteiger partial charge in [0.15, 0.2) is 0 Å². The number of hydrogen-bond acceptors (Lipinski definition) is 7. The summed E-state index contributed by atoms with van der Waals surface area (Å²) < 4.78 is 0. The van der Waals surface area contributed by atoms with E-state index >= 15 is 0 Å². The van der Waals surface area contributed by atoms with Gasteiger partial charge in [0.2, 0.25) is 0 Å². The summed E-state index contributed by atoms with van der Waals surface area (Å²) in [5.74, 6) is -0.393. The molecule has 3 N–H and O–H groups in total. The lowest BCUT2D eigenvalue weighted by molar-refractivity contribution is 0.102. The van der Waals surface area contributed by atoms with Gasteiger partial charge in [0.1, 0.15) is 10.8 Å². The first-order valence-electron chi connectivity index (χ1n) is 10.5. The zero-order valence-corrected chi connectivity index (χ0v) is 18.8. The predicted octanol–water partition coefficient (Wildman–Crippen LogP) is 3.08. The van der Waals surface area contributed by atoms with Crippen molar-refractivity contribution in [3.8, 4) is 17.2 Å². The molecule has 2 atom stereocenters. The van der Waals surface area contributed by atoms with E-state index in [9.17, 15) is 15.2 Å². The molecule has 1 aliphatic heterocycles. The molecule has 1 fully saturated rings. The molecule has 0 bridgehead atoms. The molecule has 1 amide bonds. The first-order valence-corrected chi connectivity index (χ1v) is 10.9. The maximum absolute atomic E-state index is 12.9. The Morgan fingerprint density at radius 3 is 2.91 bits per heavy atom. The minimum atomic E-state index is -0.393. The summed E-state index contributed by atoms with van der Waals surface area (Å²) in [4.78, 5) is 23.2. The van der Waals surface area contributed by atoms with Crippen LogP contribution in [-0.4, -0.2) is 53.3 Å². The van der Waals surface area contributed by atoms with Crippen LogP contribution in [-0.2, 0) is 0 Å². The van der Waals surface area contributed by atoms with Crippen molar-refractivity contribution in [3.05, 3.63) is 71.3 Å². The van der Waals surface area contributed by atoms with Crippen molar-refractivity contribution in [1.82, 2.24) is 15.3 Å². The quantitative estimate of drug-likeness (QED) is 0.482. The molecule has 1 aliphatic rings. The fraction of sp³-hybridized carbons (Fsp3) is 0.250. The maximum atomic E-state index is 12.9. The molecule has 33 heavy (non-hydrogen) atoms. The standard InChI is InChI=1S/C24H23ClN6O2/c1-27-17-10-18(14-32)31(13-17)22-9-15(19-12-28-8-7-16(19)11-26)5-6-20(22)30-24(33)21-3-2-4-23(25)29-21/h2-9,12,17-18,27,32H,10,13-14H2,1H3,(H,30,33)/t17-,18-/m0/s1. The van der Waals surface area contributed by atoms with E-state index in [1.807, 2.05) is 19.2 Å². The molecule has 0 spiro atoms. The highest BCUT2D eigenvalue weighted by Gasteiger charge is 2.32. The molecule has 1 saturated heterocycles. The zero-order chi connectivity index (χ0) is 23.4. The van der Waals surface area contributed by atoms with E-state index < -0.39 is 5.91 Å². The number of nitriles is 1. The van der Waals surface area contributed by atoms with Gasteiger partial charge in [-0.05, 0) is 49.4 Å². The number of pyridine rings is 2. The Morgan fingerprint density at radius 1 is 1.33 bits per heavy atom. The second-order valence-corrected chi connectivity index (χ2v) is 8.16. The van der Waals surface area contributed by atoms with E-state index in [1.54, 1.807) is 42.7 Å². The molecule has 0 radical (unpaired) electrons. The number of nitrogens with zero attached hydrogens (tertiary/aromatic N) is 4. The number of aliphatic hydroxyl groups excluding tert-OH is 1. The first kappa shape index (κ1) is 22.7. The van der Waals surface area contributed by atoms with Crippen LogP contribution in [0.5, 0.6) is 0 Å². The SMILES string of the molecule is CN[C@H]1C[C@@H](CO)N(c2cc(-c3cnccc3C#N)ccc2NC(=O)c2cccc(Cl)n2)C1. The van der Waals surface area contributed by atoms with Crippen LogP contribution in [0.2, 0.25) is 5.15 Å². The van der Waals surface area contributed by atoms with E-state index in [-0.39, 0.29) is 29.5 Å². The number of nitrogens with one attached hydrogen (secondary N) is 2. The molecule has 0 aliphatic carbocycles. The number of rotatable bonds is 6. The fourth-order valence-corrected chi connectivity index (χ4v) is 4.24. The van der Waals surface area contributed by atoms with Crippen LogP contribution in [0.4, 0.5) is 11.4 Å². The third kappa shape index (κ3) is 4.81. The average molecular weight is 463 g/mol. The van der Waals surface area contributed by atoms with Crippen LogP contribution < -0.4 is 15.5 Å². The van der Waals surface area contributed by atoms with Crippen LogP contribution in [0.1, 0.15) is 22.5 Å². The van der Waals surface area contributed by atoms with Gasteiger partial charge >= 0.3 is 0 Å². The van der Waals surface area contributed by atoms with Crippen molar-refractivity contribution in [2.45, 2.75) is 18.5 Å². The topological polar surface area (TPSA) is 114 Å². The molecule has 4 rings (SSSR count). The Morgan fingerprint density at radius 2 is 2.18 bits per heavy atom. The predicted molar refractivity (Wildman–Crippen MR) is 127 cm³/mol. The summed E-state index contributed by atoms with van der Waals surface area (Å²) in [5.41, 5.74) is 3.50. The molecule has 0 unspecified atom stereocenters. The monoisotopic (exact) mass is 462 g/mol.